The molecule has 1 rings (SSSR count). The summed E-state index contributed by atoms with van der Waals surface area (Å²) >= 11 is 1.58. The largest absolute Gasteiger partial charge is 0.387 e. The highest BCUT2D eigenvalue weighted by molar-refractivity contribution is 7.12. The van der Waals surface area contributed by atoms with Gasteiger partial charge in [-0.05, 0) is 17.5 Å². The summed E-state index contributed by atoms with van der Waals surface area (Å²) in [4.78, 5) is 12.3. The molecule has 78 valence electrons. The summed E-state index contributed by atoms with van der Waals surface area (Å²) in [5, 5.41) is 9.58. The number of aliphatic hydroxyl groups excluding tert-OH is 1. The lowest BCUT2D eigenvalue weighted by Gasteiger charge is -2.15. The van der Waals surface area contributed by atoms with Gasteiger partial charge in [0, 0.05) is 16.2 Å². The fourth-order valence-electron chi connectivity index (χ4n) is 1.14. The van der Waals surface area contributed by atoms with Gasteiger partial charge in [-0.1, -0.05) is 20.8 Å². The Morgan fingerprint density at radius 2 is 2.14 bits per heavy atom. The van der Waals surface area contributed by atoms with Gasteiger partial charge in [0.15, 0.2) is 0 Å². The van der Waals surface area contributed by atoms with Gasteiger partial charge >= 0.3 is 0 Å². The first-order chi connectivity index (χ1) is 6.45. The van der Waals surface area contributed by atoms with Crippen molar-refractivity contribution in [2.75, 3.05) is 0 Å². The molecule has 0 aliphatic rings. The molecule has 1 N–H and O–H groups in total. The first-order valence-electron chi connectivity index (χ1n) is 4.67. The van der Waals surface area contributed by atoms with Crippen LogP contribution in [0.1, 0.15) is 43.1 Å². The first kappa shape index (κ1) is 11.4. The van der Waals surface area contributed by atoms with E-state index in [1.165, 1.54) is 4.88 Å². The van der Waals surface area contributed by atoms with Gasteiger partial charge < -0.3 is 9.90 Å². The Bertz CT molecular complexity index is 309. The SMILES string of the molecule is CC(C)(C)c1ccc(C(O)CC=O)s1. The molecule has 0 saturated carbocycles. The van der Waals surface area contributed by atoms with Crippen LogP contribution in [0.3, 0.4) is 0 Å². The molecule has 0 aliphatic carbocycles. The average Bonchev–Trinajstić information content (AvgIpc) is 2.51. The average molecular weight is 212 g/mol. The Kier molecular flexibility index (Phi) is 3.45. The van der Waals surface area contributed by atoms with Crippen molar-refractivity contribution in [3.8, 4) is 0 Å². The van der Waals surface area contributed by atoms with Crippen LogP contribution in [-0.4, -0.2) is 11.4 Å². The fraction of sp³-hybridized carbons (Fsp3) is 0.545. The quantitative estimate of drug-likeness (QED) is 0.782. The molecule has 0 bridgehead atoms. The molecule has 3 heteroatoms. The normalized spacial score (nSPS) is 14.0. The highest BCUT2D eigenvalue weighted by Gasteiger charge is 2.18. The van der Waals surface area contributed by atoms with Crippen LogP contribution in [0.2, 0.25) is 0 Å². The van der Waals surface area contributed by atoms with Gasteiger partial charge in [0.25, 0.3) is 0 Å². The van der Waals surface area contributed by atoms with E-state index < -0.39 is 6.10 Å². The molecule has 0 radical (unpaired) electrons. The number of carbonyl (C=O) groups excluding carboxylic acids is 1. The number of aliphatic hydroxyl groups is 1. The van der Waals surface area contributed by atoms with Crippen LogP contribution in [0.5, 0.6) is 0 Å². The van der Waals surface area contributed by atoms with Crippen molar-refractivity contribution < 1.29 is 9.90 Å². The van der Waals surface area contributed by atoms with Crippen molar-refractivity contribution in [3.05, 3.63) is 21.9 Å². The van der Waals surface area contributed by atoms with Crippen molar-refractivity contribution in [1.29, 1.82) is 0 Å². The van der Waals surface area contributed by atoms with Gasteiger partial charge in [0.05, 0.1) is 6.10 Å². The van der Waals surface area contributed by atoms with Crippen molar-refractivity contribution in [2.45, 2.75) is 38.7 Å². The second-order valence-electron chi connectivity index (χ2n) is 4.37. The fourth-order valence-corrected chi connectivity index (χ4v) is 2.21. The van der Waals surface area contributed by atoms with Crippen LogP contribution in [0.25, 0.3) is 0 Å². The van der Waals surface area contributed by atoms with E-state index in [-0.39, 0.29) is 11.8 Å². The summed E-state index contributed by atoms with van der Waals surface area (Å²) < 4.78 is 0. The zero-order valence-electron chi connectivity index (χ0n) is 8.78. The first-order valence-corrected chi connectivity index (χ1v) is 5.48. The Hall–Kier alpha value is -0.670. The zero-order valence-corrected chi connectivity index (χ0v) is 9.60. The number of hydrogen-bond acceptors (Lipinski definition) is 3. The van der Waals surface area contributed by atoms with E-state index in [0.29, 0.717) is 0 Å². The van der Waals surface area contributed by atoms with Crippen molar-refractivity contribution in [1.82, 2.24) is 0 Å². The summed E-state index contributed by atoms with van der Waals surface area (Å²) in [6, 6.07) is 3.92. The molecule has 0 aliphatic heterocycles. The molecule has 1 unspecified atom stereocenters. The van der Waals surface area contributed by atoms with Crippen LogP contribution in [0.15, 0.2) is 12.1 Å². The third-order valence-corrected chi connectivity index (χ3v) is 3.63. The summed E-state index contributed by atoms with van der Waals surface area (Å²) in [6.45, 7) is 6.40. The van der Waals surface area contributed by atoms with Gasteiger partial charge in [-0.3, -0.25) is 0 Å². The molecule has 0 fully saturated rings. The maximum atomic E-state index is 10.2. The number of aldehydes is 1. The number of rotatable bonds is 3. The second kappa shape index (κ2) is 4.24. The summed E-state index contributed by atoms with van der Waals surface area (Å²) in [5.74, 6) is 0. The predicted molar refractivity (Wildman–Crippen MR) is 58.7 cm³/mol. The third kappa shape index (κ3) is 2.66. The van der Waals surface area contributed by atoms with Gasteiger partial charge in [-0.2, -0.15) is 0 Å². The number of thiophene rings is 1. The highest BCUT2D eigenvalue weighted by atomic mass is 32.1. The zero-order chi connectivity index (χ0) is 10.8. The molecule has 1 heterocycles. The molecule has 0 amide bonds. The lowest BCUT2D eigenvalue weighted by atomic mass is 9.95. The van der Waals surface area contributed by atoms with Gasteiger partial charge in [-0.15, -0.1) is 11.3 Å². The van der Waals surface area contributed by atoms with E-state index >= 15 is 0 Å². The van der Waals surface area contributed by atoms with Crippen molar-refractivity contribution in [3.63, 3.8) is 0 Å². The highest BCUT2D eigenvalue weighted by Crippen LogP contribution is 2.32. The molecule has 0 spiro atoms. The van der Waals surface area contributed by atoms with Gasteiger partial charge in [-0.25, -0.2) is 0 Å². The Morgan fingerprint density at radius 3 is 2.57 bits per heavy atom. The molecule has 0 aromatic carbocycles. The van der Waals surface area contributed by atoms with Crippen molar-refractivity contribution >= 4 is 17.6 Å². The van der Waals surface area contributed by atoms with Crippen LogP contribution in [0.4, 0.5) is 0 Å². The molecule has 1 atom stereocenters. The summed E-state index contributed by atoms with van der Waals surface area (Å²) in [7, 11) is 0. The van der Waals surface area contributed by atoms with Crippen LogP contribution >= 0.6 is 11.3 Å². The minimum Gasteiger partial charge on any atom is -0.387 e. The van der Waals surface area contributed by atoms with Crippen molar-refractivity contribution in [2.24, 2.45) is 0 Å². The monoisotopic (exact) mass is 212 g/mol. The molecular formula is C11H16O2S. The van der Waals surface area contributed by atoms with E-state index in [0.717, 1.165) is 11.2 Å². The Balaban J connectivity index is 2.82. The maximum absolute atomic E-state index is 10.2. The minimum atomic E-state index is -0.631. The number of carbonyl (C=O) groups is 1. The topological polar surface area (TPSA) is 37.3 Å². The third-order valence-electron chi connectivity index (χ3n) is 2.01. The maximum Gasteiger partial charge on any atom is 0.122 e. The lowest BCUT2D eigenvalue weighted by Crippen LogP contribution is -2.07. The summed E-state index contributed by atoms with van der Waals surface area (Å²) in [5.41, 5.74) is 0.115. The van der Waals surface area contributed by atoms with Crippen LogP contribution < -0.4 is 0 Å². The minimum absolute atomic E-state index is 0.115. The molecule has 2 nitrogen and oxygen atoms in total. The van der Waals surface area contributed by atoms with Gasteiger partial charge in [0.2, 0.25) is 0 Å². The molecule has 1 aromatic heterocycles. The van der Waals surface area contributed by atoms with E-state index in [1.807, 2.05) is 12.1 Å². The van der Waals surface area contributed by atoms with E-state index in [2.05, 4.69) is 20.8 Å². The Morgan fingerprint density at radius 1 is 1.50 bits per heavy atom. The smallest absolute Gasteiger partial charge is 0.122 e. The van der Waals surface area contributed by atoms with E-state index in [1.54, 1.807) is 11.3 Å². The predicted octanol–water partition coefficient (Wildman–Crippen LogP) is 2.67. The van der Waals surface area contributed by atoms with Crippen LogP contribution in [-0.2, 0) is 10.2 Å². The van der Waals surface area contributed by atoms with E-state index in [4.69, 9.17) is 0 Å². The van der Waals surface area contributed by atoms with Crippen LogP contribution in [0, 0.1) is 0 Å². The van der Waals surface area contributed by atoms with E-state index in [9.17, 15) is 9.90 Å². The number of hydrogen-bond donors (Lipinski definition) is 1. The summed E-state index contributed by atoms with van der Waals surface area (Å²) in [6.07, 6.45) is 0.305. The molecule has 14 heavy (non-hydrogen) atoms. The second-order valence-corrected chi connectivity index (χ2v) is 5.49. The standard InChI is InChI=1S/C11H16O2S/c1-11(2,3)10-5-4-9(14-10)8(13)6-7-12/h4-5,7-8,13H,6H2,1-3H3. The molecule has 0 saturated heterocycles. The Labute approximate surface area is 88.6 Å². The van der Waals surface area contributed by atoms with Gasteiger partial charge in [0.1, 0.15) is 6.29 Å². The lowest BCUT2D eigenvalue weighted by molar-refractivity contribution is -0.109. The molecule has 1 aromatic rings. The molecular weight excluding hydrogens is 196 g/mol.